The number of H-pyrrole nitrogens is 1. The molecule has 8 heteroatoms. The van der Waals surface area contributed by atoms with Crippen molar-refractivity contribution in [3.8, 4) is 0 Å². The highest BCUT2D eigenvalue weighted by Crippen LogP contribution is 2.40. The van der Waals surface area contributed by atoms with Gasteiger partial charge in [-0.2, -0.15) is 0 Å². The van der Waals surface area contributed by atoms with Gasteiger partial charge in [-0.05, 0) is 30.3 Å². The molecular formula is C17H13N3O5. The van der Waals surface area contributed by atoms with Gasteiger partial charge in [0, 0.05) is 5.69 Å². The largest absolute Gasteiger partial charge is 0.475 e. The molecule has 0 spiro atoms. The van der Waals surface area contributed by atoms with Gasteiger partial charge in [-0.25, -0.2) is 9.78 Å². The van der Waals surface area contributed by atoms with Gasteiger partial charge < -0.3 is 14.5 Å². The highest BCUT2D eigenvalue weighted by Gasteiger charge is 2.48. The fraction of sp³-hybridized carbons (Fsp3) is 0.176. The first kappa shape index (κ1) is 15.1. The van der Waals surface area contributed by atoms with Crippen LogP contribution in [0.1, 0.15) is 29.3 Å². The number of benzene rings is 1. The Balaban J connectivity index is 1.82. The molecule has 1 amide bonds. The maximum absolute atomic E-state index is 12.5. The summed E-state index contributed by atoms with van der Waals surface area (Å²) in [4.78, 5) is 44.3. The minimum absolute atomic E-state index is 0.238. The first-order valence-electron chi connectivity index (χ1n) is 7.61. The number of nitrogens with zero attached hydrogens (tertiary/aromatic N) is 2. The topological polar surface area (TPSA) is 116 Å². The Morgan fingerprint density at radius 2 is 2.08 bits per heavy atom. The van der Waals surface area contributed by atoms with Crippen molar-refractivity contribution in [3.05, 3.63) is 48.2 Å². The maximum atomic E-state index is 12.5. The van der Waals surface area contributed by atoms with Crippen molar-refractivity contribution < 1.29 is 23.9 Å². The number of aromatic amines is 1. The predicted octanol–water partition coefficient (Wildman–Crippen LogP) is 2.15. The third-order valence-electron chi connectivity index (χ3n) is 4.41. The molecule has 0 aliphatic carbocycles. The Kier molecular flexibility index (Phi) is 3.21. The number of amides is 1. The number of aromatic carboxylic acids is 1. The van der Waals surface area contributed by atoms with E-state index in [0.717, 1.165) is 11.0 Å². The van der Waals surface area contributed by atoms with Crippen LogP contribution in [0.15, 0.2) is 41.1 Å². The van der Waals surface area contributed by atoms with E-state index in [2.05, 4.69) is 9.97 Å². The molecule has 1 aromatic carbocycles. The monoisotopic (exact) mass is 339 g/mol. The average molecular weight is 339 g/mol. The van der Waals surface area contributed by atoms with Crippen molar-refractivity contribution >= 4 is 34.4 Å². The molecule has 2 aromatic heterocycles. The van der Waals surface area contributed by atoms with Gasteiger partial charge >= 0.3 is 5.97 Å². The quantitative estimate of drug-likeness (QED) is 0.706. The van der Waals surface area contributed by atoms with Gasteiger partial charge in [-0.15, -0.1) is 0 Å². The number of ketones is 1. The summed E-state index contributed by atoms with van der Waals surface area (Å²) < 4.78 is 5.35. The van der Waals surface area contributed by atoms with Gasteiger partial charge in [0.2, 0.25) is 11.5 Å². The molecule has 1 aliphatic rings. The molecule has 1 fully saturated rings. The SMILES string of the molecule is CC1C(=O)C(=O)N(c2ccc3nc[nH]c3c2)C1c1ccc(C(=O)O)o1. The number of nitrogens with one attached hydrogen (secondary N) is 1. The van der Waals surface area contributed by atoms with Crippen LogP contribution in [-0.2, 0) is 9.59 Å². The molecule has 3 aromatic rings. The van der Waals surface area contributed by atoms with E-state index in [0.29, 0.717) is 5.69 Å². The number of fused-ring (bicyclic) bond motifs is 1. The summed E-state index contributed by atoms with van der Waals surface area (Å²) in [6, 6.07) is 7.25. The van der Waals surface area contributed by atoms with E-state index in [9.17, 15) is 14.4 Å². The molecule has 0 saturated carbocycles. The number of furan rings is 1. The van der Waals surface area contributed by atoms with Crippen LogP contribution in [0.2, 0.25) is 0 Å². The van der Waals surface area contributed by atoms with Crippen LogP contribution in [0, 0.1) is 5.92 Å². The Morgan fingerprint density at radius 1 is 1.28 bits per heavy atom. The Bertz CT molecular complexity index is 1020. The van der Waals surface area contributed by atoms with Crippen LogP contribution in [-0.4, -0.2) is 32.7 Å². The fourth-order valence-corrected chi connectivity index (χ4v) is 3.16. The summed E-state index contributed by atoms with van der Waals surface area (Å²) in [5.74, 6) is -3.03. The Hall–Kier alpha value is -3.42. The van der Waals surface area contributed by atoms with Crippen molar-refractivity contribution in [1.29, 1.82) is 0 Å². The third-order valence-corrected chi connectivity index (χ3v) is 4.41. The van der Waals surface area contributed by atoms with E-state index in [1.54, 1.807) is 25.1 Å². The number of anilines is 1. The zero-order valence-corrected chi connectivity index (χ0v) is 13.1. The predicted molar refractivity (Wildman–Crippen MR) is 86.2 cm³/mol. The number of imidazole rings is 1. The zero-order valence-electron chi connectivity index (χ0n) is 13.1. The highest BCUT2D eigenvalue weighted by atomic mass is 16.4. The fourth-order valence-electron chi connectivity index (χ4n) is 3.16. The summed E-state index contributed by atoms with van der Waals surface area (Å²) in [7, 11) is 0. The first-order chi connectivity index (χ1) is 12.0. The van der Waals surface area contributed by atoms with Crippen LogP contribution in [0.25, 0.3) is 11.0 Å². The molecule has 126 valence electrons. The minimum Gasteiger partial charge on any atom is -0.475 e. The van der Waals surface area contributed by atoms with Crippen molar-refractivity contribution in [3.63, 3.8) is 0 Å². The second-order valence-corrected chi connectivity index (χ2v) is 5.88. The van der Waals surface area contributed by atoms with Crippen LogP contribution >= 0.6 is 0 Å². The number of carbonyl (C=O) groups is 3. The lowest BCUT2D eigenvalue weighted by Gasteiger charge is -2.24. The van der Waals surface area contributed by atoms with Crippen LogP contribution in [0.4, 0.5) is 5.69 Å². The molecule has 4 rings (SSSR count). The van der Waals surface area contributed by atoms with E-state index in [-0.39, 0.29) is 11.5 Å². The normalized spacial score (nSPS) is 20.6. The van der Waals surface area contributed by atoms with Crippen molar-refractivity contribution in [1.82, 2.24) is 9.97 Å². The Morgan fingerprint density at radius 3 is 2.80 bits per heavy atom. The number of aromatic nitrogens is 2. The van der Waals surface area contributed by atoms with Gasteiger partial charge in [0.1, 0.15) is 11.8 Å². The zero-order chi connectivity index (χ0) is 17.7. The summed E-state index contributed by atoms with van der Waals surface area (Å²) in [5, 5.41) is 9.04. The van der Waals surface area contributed by atoms with E-state index in [1.807, 2.05) is 0 Å². The standard InChI is InChI=1S/C17H13N3O5/c1-8-14(12-4-5-13(25-12)17(23)24)20(16(22)15(8)21)9-2-3-10-11(6-9)19-7-18-10/h2-8,14H,1H3,(H,18,19)(H,23,24). The first-order valence-corrected chi connectivity index (χ1v) is 7.61. The maximum Gasteiger partial charge on any atom is 0.371 e. The molecule has 0 bridgehead atoms. The summed E-state index contributed by atoms with van der Waals surface area (Å²) in [6.07, 6.45) is 1.54. The van der Waals surface area contributed by atoms with Crippen molar-refractivity contribution in [2.45, 2.75) is 13.0 Å². The lowest BCUT2D eigenvalue weighted by molar-refractivity contribution is -0.135. The lowest BCUT2D eigenvalue weighted by Crippen LogP contribution is -2.29. The molecule has 2 atom stereocenters. The van der Waals surface area contributed by atoms with Crippen molar-refractivity contribution in [2.75, 3.05) is 4.90 Å². The van der Waals surface area contributed by atoms with Gasteiger partial charge in [0.05, 0.1) is 23.3 Å². The molecule has 1 saturated heterocycles. The number of rotatable bonds is 3. The number of carbonyl (C=O) groups excluding carboxylic acids is 2. The molecule has 2 N–H and O–H groups in total. The molecule has 8 nitrogen and oxygen atoms in total. The Labute approximate surface area is 141 Å². The average Bonchev–Trinajstić information content (AvgIpc) is 3.29. The molecule has 0 radical (unpaired) electrons. The second-order valence-electron chi connectivity index (χ2n) is 5.88. The van der Waals surface area contributed by atoms with Gasteiger partial charge in [0.15, 0.2) is 0 Å². The van der Waals surface area contributed by atoms with Crippen LogP contribution < -0.4 is 4.90 Å². The minimum atomic E-state index is -1.21. The highest BCUT2D eigenvalue weighted by molar-refractivity contribution is 6.44. The molecule has 3 heterocycles. The third kappa shape index (κ3) is 2.22. The number of carboxylic acid groups (broad SMARTS) is 1. The number of hydrogen-bond donors (Lipinski definition) is 2. The lowest BCUT2D eigenvalue weighted by atomic mass is 9.99. The van der Waals surface area contributed by atoms with Gasteiger partial charge in [-0.1, -0.05) is 6.92 Å². The summed E-state index contributed by atoms with van der Waals surface area (Å²) in [6.45, 7) is 1.63. The number of carboxylic acids is 1. The molecule has 2 unspecified atom stereocenters. The molecular weight excluding hydrogens is 326 g/mol. The molecule has 1 aliphatic heterocycles. The van der Waals surface area contributed by atoms with Crippen LogP contribution in [0.3, 0.4) is 0 Å². The van der Waals surface area contributed by atoms with E-state index in [1.165, 1.54) is 23.4 Å². The van der Waals surface area contributed by atoms with E-state index in [4.69, 9.17) is 9.52 Å². The summed E-state index contributed by atoms with van der Waals surface area (Å²) >= 11 is 0. The summed E-state index contributed by atoms with van der Waals surface area (Å²) in [5.41, 5.74) is 1.97. The van der Waals surface area contributed by atoms with E-state index >= 15 is 0 Å². The van der Waals surface area contributed by atoms with Gasteiger partial charge in [0.25, 0.3) is 5.91 Å². The van der Waals surface area contributed by atoms with Crippen molar-refractivity contribution in [2.24, 2.45) is 5.92 Å². The number of hydrogen-bond acceptors (Lipinski definition) is 5. The molecule has 25 heavy (non-hydrogen) atoms. The van der Waals surface area contributed by atoms with Crippen LogP contribution in [0.5, 0.6) is 0 Å². The number of Topliss-reactive ketones (excluding diaryl/α,β-unsaturated/α-hetero) is 1. The smallest absolute Gasteiger partial charge is 0.371 e. The van der Waals surface area contributed by atoms with Gasteiger partial charge in [-0.3, -0.25) is 14.5 Å². The second kappa shape index (κ2) is 5.30. The van der Waals surface area contributed by atoms with E-state index < -0.39 is 29.6 Å².